The maximum Gasteiger partial charge on any atom is 0.164 e. The van der Waals surface area contributed by atoms with Gasteiger partial charge in [0.15, 0.2) is 17.5 Å². The third-order valence-corrected chi connectivity index (χ3v) is 8.67. The minimum Gasteiger partial charge on any atom is -0.456 e. The normalized spacial score (nSPS) is 13.6. The molecule has 0 atom stereocenters. The van der Waals surface area contributed by atoms with Gasteiger partial charge in [0.25, 0.3) is 0 Å². The van der Waals surface area contributed by atoms with Crippen molar-refractivity contribution in [1.82, 2.24) is 19.5 Å². The molecular weight excluding hydrogens is 564 g/mol. The highest BCUT2D eigenvalue weighted by Crippen LogP contribution is 2.41. The van der Waals surface area contributed by atoms with Gasteiger partial charge in [-0.25, -0.2) is 15.0 Å². The van der Waals surface area contributed by atoms with Gasteiger partial charge in [-0.15, -0.1) is 0 Å². The summed E-state index contributed by atoms with van der Waals surface area (Å²) < 4.78 is 8.78. The molecule has 0 saturated heterocycles. The third-order valence-electron chi connectivity index (χ3n) is 8.67. The second kappa shape index (κ2) is 10.8. The SMILES string of the molecule is C1=CC(c2nc(-c3ccccc3)nc(-c3cccc(-n4c5ccccc5c5cc6c(cc54)C=Cc4ccccc4O6)c3)n2)=CCC1. The van der Waals surface area contributed by atoms with Gasteiger partial charge in [-0.1, -0.05) is 109 Å². The zero-order valence-corrected chi connectivity index (χ0v) is 25.0. The standard InChI is InChI=1S/C41H28N4O/c1-3-13-28(14-4-1)39-42-40(29-15-5-2-6-16-29)44-41(43-39)31-17-11-18-32(24-31)45-35-20-9-8-19-33(35)34-26-38-30(25-36(34)45)23-22-27-12-7-10-21-37(27)46-38/h1,3-5,7-26H,2,6H2. The van der Waals surface area contributed by atoms with Gasteiger partial charge in [-0.3, -0.25) is 0 Å². The minimum absolute atomic E-state index is 0.648. The number of aromatic nitrogens is 4. The average Bonchev–Trinajstić information content (AvgIpc) is 3.32. The van der Waals surface area contributed by atoms with E-state index in [4.69, 9.17) is 19.7 Å². The monoisotopic (exact) mass is 592 g/mol. The molecule has 3 heterocycles. The van der Waals surface area contributed by atoms with Gasteiger partial charge < -0.3 is 9.30 Å². The van der Waals surface area contributed by atoms with E-state index in [1.165, 1.54) is 5.39 Å². The first-order valence-electron chi connectivity index (χ1n) is 15.6. The lowest BCUT2D eigenvalue weighted by atomic mass is 10.1. The highest BCUT2D eigenvalue weighted by Gasteiger charge is 2.19. The second-order valence-electron chi connectivity index (χ2n) is 11.6. The predicted molar refractivity (Wildman–Crippen MR) is 187 cm³/mol. The Hall–Kier alpha value is -6.07. The van der Waals surface area contributed by atoms with Crippen LogP contribution in [0.3, 0.4) is 0 Å². The molecule has 5 aromatic carbocycles. The number of nitrogens with zero attached hydrogens (tertiary/aromatic N) is 4. The maximum atomic E-state index is 6.46. The summed E-state index contributed by atoms with van der Waals surface area (Å²) in [6.07, 6.45) is 12.8. The maximum absolute atomic E-state index is 6.46. The summed E-state index contributed by atoms with van der Waals surface area (Å²) >= 11 is 0. The van der Waals surface area contributed by atoms with Crippen LogP contribution in [0.25, 0.3) is 68.0 Å². The van der Waals surface area contributed by atoms with E-state index in [0.29, 0.717) is 17.5 Å². The number of hydrogen-bond acceptors (Lipinski definition) is 4. The van der Waals surface area contributed by atoms with Crippen molar-refractivity contribution >= 4 is 39.5 Å². The van der Waals surface area contributed by atoms with Gasteiger partial charge in [-0.2, -0.15) is 0 Å². The molecule has 0 spiro atoms. The van der Waals surface area contributed by atoms with Crippen molar-refractivity contribution in [3.05, 3.63) is 150 Å². The summed E-state index contributed by atoms with van der Waals surface area (Å²) in [6, 6.07) is 39.7. The van der Waals surface area contributed by atoms with Crippen LogP contribution in [-0.2, 0) is 0 Å². The van der Waals surface area contributed by atoms with E-state index in [1.54, 1.807) is 0 Å². The molecule has 0 N–H and O–H groups in total. The molecule has 1 aliphatic carbocycles. The van der Waals surface area contributed by atoms with Crippen LogP contribution in [0.5, 0.6) is 11.5 Å². The number of hydrogen-bond donors (Lipinski definition) is 0. The molecule has 0 amide bonds. The summed E-state index contributed by atoms with van der Waals surface area (Å²) in [4.78, 5) is 14.9. The highest BCUT2D eigenvalue weighted by atomic mass is 16.5. The van der Waals surface area contributed by atoms with Crippen LogP contribution < -0.4 is 4.74 Å². The third kappa shape index (κ3) is 4.52. The largest absolute Gasteiger partial charge is 0.456 e. The molecule has 5 heteroatoms. The Kier molecular flexibility index (Phi) is 6.20. The molecule has 0 fully saturated rings. The first-order valence-corrected chi connectivity index (χ1v) is 15.6. The fourth-order valence-corrected chi connectivity index (χ4v) is 6.43. The van der Waals surface area contributed by atoms with Crippen LogP contribution in [0.2, 0.25) is 0 Å². The van der Waals surface area contributed by atoms with Crippen molar-refractivity contribution in [2.75, 3.05) is 0 Å². The Morgan fingerprint density at radius 3 is 2.17 bits per heavy atom. The fraction of sp³-hybridized carbons (Fsp3) is 0.0488. The Morgan fingerprint density at radius 1 is 0.522 bits per heavy atom. The van der Waals surface area contributed by atoms with Crippen LogP contribution in [0.15, 0.2) is 133 Å². The molecule has 5 nitrogen and oxygen atoms in total. The van der Waals surface area contributed by atoms with Gasteiger partial charge in [-0.05, 0) is 49.2 Å². The van der Waals surface area contributed by atoms with Crippen molar-refractivity contribution in [3.63, 3.8) is 0 Å². The molecular formula is C41H28N4O. The lowest BCUT2D eigenvalue weighted by molar-refractivity contribution is 0.482. The number of rotatable bonds is 4. The van der Waals surface area contributed by atoms with Crippen molar-refractivity contribution in [1.29, 1.82) is 0 Å². The lowest BCUT2D eigenvalue weighted by Gasteiger charge is -2.13. The summed E-state index contributed by atoms with van der Waals surface area (Å²) in [5, 5.41) is 2.30. The fourth-order valence-electron chi connectivity index (χ4n) is 6.43. The predicted octanol–water partition coefficient (Wildman–Crippen LogP) is 10.3. The quantitative estimate of drug-likeness (QED) is 0.204. The molecule has 46 heavy (non-hydrogen) atoms. The molecule has 2 aromatic heterocycles. The first-order chi connectivity index (χ1) is 22.8. The van der Waals surface area contributed by atoms with Crippen molar-refractivity contribution in [3.8, 4) is 40.0 Å². The van der Waals surface area contributed by atoms with Gasteiger partial charge in [0, 0.05) is 44.3 Å². The number of benzene rings is 5. The molecule has 0 radical (unpaired) electrons. The van der Waals surface area contributed by atoms with Crippen LogP contribution >= 0.6 is 0 Å². The van der Waals surface area contributed by atoms with Crippen molar-refractivity contribution < 1.29 is 4.74 Å². The minimum atomic E-state index is 0.648. The van der Waals surface area contributed by atoms with Crippen molar-refractivity contribution in [2.24, 2.45) is 0 Å². The van der Waals surface area contributed by atoms with Gasteiger partial charge in [0.1, 0.15) is 11.5 Å². The van der Waals surface area contributed by atoms with Crippen molar-refractivity contribution in [2.45, 2.75) is 12.8 Å². The first kappa shape index (κ1) is 26.3. The Labute approximate surface area is 266 Å². The number of fused-ring (bicyclic) bond motifs is 5. The number of ether oxygens (including phenoxy) is 1. The van der Waals surface area contributed by atoms with Crippen LogP contribution in [0, 0.1) is 0 Å². The van der Waals surface area contributed by atoms with E-state index in [9.17, 15) is 0 Å². The molecule has 1 aliphatic heterocycles. The van der Waals surface area contributed by atoms with E-state index >= 15 is 0 Å². The summed E-state index contributed by atoms with van der Waals surface area (Å²) in [7, 11) is 0. The summed E-state index contributed by atoms with van der Waals surface area (Å²) in [6.45, 7) is 0. The van der Waals surface area contributed by atoms with Crippen LogP contribution in [-0.4, -0.2) is 19.5 Å². The average molecular weight is 593 g/mol. The molecule has 0 unspecified atom stereocenters. The van der Waals surface area contributed by atoms with E-state index in [2.05, 4.69) is 102 Å². The zero-order valence-electron chi connectivity index (χ0n) is 25.0. The Balaban J connectivity index is 1.22. The molecule has 0 saturated carbocycles. The zero-order chi connectivity index (χ0) is 30.5. The number of para-hydroxylation sites is 2. The smallest absolute Gasteiger partial charge is 0.164 e. The Bertz CT molecular complexity index is 2400. The summed E-state index contributed by atoms with van der Waals surface area (Å²) in [5.41, 5.74) is 8.28. The topological polar surface area (TPSA) is 52.8 Å². The van der Waals surface area contributed by atoms with Crippen LogP contribution in [0.4, 0.5) is 0 Å². The van der Waals surface area contributed by atoms with Gasteiger partial charge in [0.05, 0.1) is 11.0 Å². The highest BCUT2D eigenvalue weighted by molar-refractivity contribution is 6.10. The van der Waals surface area contributed by atoms with E-state index in [1.807, 2.05) is 48.5 Å². The van der Waals surface area contributed by atoms with Gasteiger partial charge in [0.2, 0.25) is 0 Å². The van der Waals surface area contributed by atoms with Gasteiger partial charge >= 0.3 is 0 Å². The van der Waals surface area contributed by atoms with E-state index < -0.39 is 0 Å². The summed E-state index contributed by atoms with van der Waals surface area (Å²) in [5.74, 6) is 3.71. The molecule has 7 aromatic rings. The Morgan fingerprint density at radius 2 is 1.28 bits per heavy atom. The lowest BCUT2D eigenvalue weighted by Crippen LogP contribution is -2.03. The van der Waals surface area contributed by atoms with E-state index in [0.717, 1.165) is 74.3 Å². The number of allylic oxidation sites excluding steroid dienone is 4. The molecule has 0 bridgehead atoms. The molecule has 218 valence electrons. The molecule has 9 rings (SSSR count). The molecule has 2 aliphatic rings. The van der Waals surface area contributed by atoms with Crippen LogP contribution in [0.1, 0.15) is 29.8 Å². The van der Waals surface area contributed by atoms with E-state index in [-0.39, 0.29) is 0 Å². The second-order valence-corrected chi connectivity index (χ2v) is 11.6.